The number of carbonyl (C=O) groups is 1. The van der Waals surface area contributed by atoms with Crippen molar-refractivity contribution in [1.82, 2.24) is 10.2 Å². The second-order valence-electron chi connectivity index (χ2n) is 7.09. The van der Waals surface area contributed by atoms with Crippen LogP contribution in [0.3, 0.4) is 0 Å². The molecule has 2 saturated heterocycles. The number of carbonyl (C=O) groups excluding carboxylic acids is 1. The molecule has 3 aliphatic rings. The fourth-order valence-corrected chi connectivity index (χ4v) is 4.06. The Morgan fingerprint density at radius 2 is 2.00 bits per heavy atom. The van der Waals surface area contributed by atoms with Gasteiger partial charge in [-0.25, -0.2) is 0 Å². The molecule has 2 aliphatic heterocycles. The van der Waals surface area contributed by atoms with Gasteiger partial charge in [-0.15, -0.1) is 0 Å². The highest BCUT2D eigenvalue weighted by Gasteiger charge is 2.54. The van der Waals surface area contributed by atoms with E-state index >= 15 is 0 Å². The highest BCUT2D eigenvalue weighted by molar-refractivity contribution is 5.78. The van der Waals surface area contributed by atoms with E-state index in [2.05, 4.69) is 12.2 Å². The Balaban J connectivity index is 1.47. The summed E-state index contributed by atoms with van der Waals surface area (Å²) >= 11 is 0. The van der Waals surface area contributed by atoms with Gasteiger partial charge in [0.15, 0.2) is 0 Å². The minimum Gasteiger partial charge on any atom is -0.392 e. The molecule has 3 rings (SSSR count). The molecule has 0 aromatic carbocycles. The number of amides is 1. The molecule has 1 saturated carbocycles. The predicted octanol–water partition coefficient (Wildman–Crippen LogP) is 0.764. The van der Waals surface area contributed by atoms with Gasteiger partial charge >= 0.3 is 0 Å². The van der Waals surface area contributed by atoms with Gasteiger partial charge in [-0.05, 0) is 38.0 Å². The van der Waals surface area contributed by atoms with Gasteiger partial charge in [-0.3, -0.25) is 4.79 Å². The van der Waals surface area contributed by atoms with Crippen molar-refractivity contribution >= 4 is 5.91 Å². The number of piperidine rings is 1. The first-order chi connectivity index (χ1) is 10.1. The Morgan fingerprint density at radius 1 is 1.33 bits per heavy atom. The lowest BCUT2D eigenvalue weighted by molar-refractivity contribution is -0.151. The van der Waals surface area contributed by atoms with Gasteiger partial charge in [-0.2, -0.15) is 0 Å². The van der Waals surface area contributed by atoms with Gasteiger partial charge in [0.2, 0.25) is 5.91 Å². The average molecular weight is 296 g/mol. The van der Waals surface area contributed by atoms with Crippen LogP contribution < -0.4 is 5.32 Å². The summed E-state index contributed by atoms with van der Waals surface area (Å²) in [5.74, 6) is 0.958. The van der Waals surface area contributed by atoms with Crippen LogP contribution in [-0.2, 0) is 9.53 Å². The molecule has 5 nitrogen and oxygen atoms in total. The van der Waals surface area contributed by atoms with E-state index in [4.69, 9.17) is 4.74 Å². The Hall–Kier alpha value is -0.650. The second-order valence-corrected chi connectivity index (χ2v) is 7.09. The third-order valence-corrected chi connectivity index (χ3v) is 5.88. The topological polar surface area (TPSA) is 61.8 Å². The third-order valence-electron chi connectivity index (χ3n) is 5.88. The number of nitrogens with zero attached hydrogens (tertiary/aromatic N) is 1. The Labute approximate surface area is 127 Å². The van der Waals surface area contributed by atoms with Gasteiger partial charge in [0, 0.05) is 37.8 Å². The molecule has 1 aliphatic carbocycles. The summed E-state index contributed by atoms with van der Waals surface area (Å²) in [6, 6.07) is 0.268. The van der Waals surface area contributed by atoms with Gasteiger partial charge < -0.3 is 20.1 Å². The minimum absolute atomic E-state index is 0.0467. The third kappa shape index (κ3) is 2.96. The zero-order valence-electron chi connectivity index (χ0n) is 13.0. The molecule has 2 atom stereocenters. The summed E-state index contributed by atoms with van der Waals surface area (Å²) in [5.41, 5.74) is -0.0467. The van der Waals surface area contributed by atoms with E-state index in [9.17, 15) is 9.90 Å². The highest BCUT2D eigenvalue weighted by atomic mass is 16.5. The number of hydrogen-bond donors (Lipinski definition) is 2. The Kier molecular flexibility index (Phi) is 4.52. The van der Waals surface area contributed by atoms with Crippen LogP contribution in [-0.4, -0.2) is 60.9 Å². The number of aliphatic hydroxyl groups is 1. The first-order valence-electron chi connectivity index (χ1n) is 8.39. The maximum absolute atomic E-state index is 12.3. The average Bonchev–Trinajstić information content (AvgIpc) is 2.52. The number of rotatable bonds is 3. The quantitative estimate of drug-likeness (QED) is 0.807. The summed E-state index contributed by atoms with van der Waals surface area (Å²) in [5, 5.41) is 13.6. The summed E-state index contributed by atoms with van der Waals surface area (Å²) in [6.07, 6.45) is 4.58. The van der Waals surface area contributed by atoms with Gasteiger partial charge in [0.05, 0.1) is 12.6 Å². The van der Waals surface area contributed by atoms with E-state index in [1.165, 1.54) is 0 Å². The molecule has 120 valence electrons. The summed E-state index contributed by atoms with van der Waals surface area (Å²) in [4.78, 5) is 14.3. The molecule has 0 unspecified atom stereocenters. The van der Waals surface area contributed by atoms with E-state index in [0.717, 1.165) is 64.3 Å². The monoisotopic (exact) mass is 296 g/mol. The van der Waals surface area contributed by atoms with Crippen LogP contribution in [0.5, 0.6) is 0 Å². The van der Waals surface area contributed by atoms with E-state index < -0.39 is 0 Å². The first kappa shape index (κ1) is 15.3. The molecule has 0 aromatic heterocycles. The maximum Gasteiger partial charge on any atom is 0.236 e. The standard InChI is InChI=1S/C16H28N2O3/c1-12-2-6-18(7-3-12)15(20)11-17-13-10-14(19)16(13)4-8-21-9-5-16/h12-14,17,19H,2-11H2,1H3/t13-,14-/m1/s1. The normalized spacial score (nSPS) is 33.0. The van der Waals surface area contributed by atoms with Gasteiger partial charge in [0.1, 0.15) is 0 Å². The molecule has 2 heterocycles. The van der Waals surface area contributed by atoms with E-state index in [0.29, 0.717) is 6.54 Å². The molecule has 0 aromatic rings. The zero-order chi connectivity index (χ0) is 14.9. The molecule has 5 heteroatoms. The number of nitrogens with one attached hydrogen (secondary N) is 1. The molecule has 21 heavy (non-hydrogen) atoms. The van der Waals surface area contributed by atoms with Crippen LogP contribution in [0.4, 0.5) is 0 Å². The van der Waals surface area contributed by atoms with E-state index in [1.807, 2.05) is 4.90 Å². The number of hydrogen-bond acceptors (Lipinski definition) is 4. The van der Waals surface area contributed by atoms with Gasteiger partial charge in [-0.1, -0.05) is 6.92 Å². The first-order valence-corrected chi connectivity index (χ1v) is 8.39. The van der Waals surface area contributed by atoms with E-state index in [-0.39, 0.29) is 23.5 Å². The summed E-state index contributed by atoms with van der Waals surface area (Å²) in [7, 11) is 0. The Morgan fingerprint density at radius 3 is 2.62 bits per heavy atom. The van der Waals surface area contributed by atoms with Crippen LogP contribution in [0.1, 0.15) is 39.0 Å². The molecule has 0 radical (unpaired) electrons. The van der Waals surface area contributed by atoms with Crippen molar-refractivity contribution in [2.75, 3.05) is 32.8 Å². The lowest BCUT2D eigenvalue weighted by Crippen LogP contribution is -2.65. The van der Waals surface area contributed by atoms with Crippen molar-refractivity contribution in [3.63, 3.8) is 0 Å². The van der Waals surface area contributed by atoms with Crippen LogP contribution in [0.15, 0.2) is 0 Å². The SMILES string of the molecule is CC1CCN(C(=O)CN[C@@H]2C[C@@H](O)C23CCOCC3)CC1. The predicted molar refractivity (Wildman–Crippen MR) is 79.9 cm³/mol. The van der Waals surface area contributed by atoms with Crippen molar-refractivity contribution < 1.29 is 14.6 Å². The lowest BCUT2D eigenvalue weighted by Gasteiger charge is -2.56. The molecular weight excluding hydrogens is 268 g/mol. The summed E-state index contributed by atoms with van der Waals surface area (Å²) in [6.45, 7) is 5.92. The Bertz CT molecular complexity index is 374. The van der Waals surface area contributed by atoms with Crippen molar-refractivity contribution in [3.8, 4) is 0 Å². The molecular formula is C16H28N2O3. The number of aliphatic hydroxyl groups excluding tert-OH is 1. The molecule has 1 amide bonds. The van der Waals surface area contributed by atoms with Crippen LogP contribution >= 0.6 is 0 Å². The molecule has 0 bridgehead atoms. The van der Waals surface area contributed by atoms with Gasteiger partial charge in [0.25, 0.3) is 0 Å². The van der Waals surface area contributed by atoms with Crippen molar-refractivity contribution in [3.05, 3.63) is 0 Å². The number of ether oxygens (including phenoxy) is 1. The second kappa shape index (κ2) is 6.23. The molecule has 3 fully saturated rings. The van der Waals surface area contributed by atoms with Crippen molar-refractivity contribution in [2.45, 2.75) is 51.2 Å². The fourth-order valence-electron chi connectivity index (χ4n) is 4.06. The maximum atomic E-state index is 12.3. The van der Waals surface area contributed by atoms with E-state index in [1.54, 1.807) is 0 Å². The van der Waals surface area contributed by atoms with Crippen LogP contribution in [0.2, 0.25) is 0 Å². The smallest absolute Gasteiger partial charge is 0.236 e. The number of likely N-dealkylation sites (tertiary alicyclic amines) is 1. The van der Waals surface area contributed by atoms with Crippen LogP contribution in [0, 0.1) is 11.3 Å². The largest absolute Gasteiger partial charge is 0.392 e. The molecule has 2 N–H and O–H groups in total. The van der Waals surface area contributed by atoms with Crippen molar-refractivity contribution in [1.29, 1.82) is 0 Å². The van der Waals surface area contributed by atoms with Crippen LogP contribution in [0.25, 0.3) is 0 Å². The van der Waals surface area contributed by atoms with Crippen molar-refractivity contribution in [2.24, 2.45) is 11.3 Å². The fraction of sp³-hybridized carbons (Fsp3) is 0.938. The molecule has 1 spiro atoms. The zero-order valence-corrected chi connectivity index (χ0v) is 13.0. The summed E-state index contributed by atoms with van der Waals surface area (Å²) < 4.78 is 5.41. The highest BCUT2D eigenvalue weighted by Crippen LogP contribution is 2.48. The lowest BCUT2D eigenvalue weighted by atomic mass is 9.58. The minimum atomic E-state index is -0.232.